The zero-order valence-electron chi connectivity index (χ0n) is 22.8. The topological polar surface area (TPSA) is 137 Å². The molecule has 4 atom stereocenters. The third kappa shape index (κ3) is 5.98. The van der Waals surface area contributed by atoms with Gasteiger partial charge in [0.05, 0.1) is 36.7 Å². The predicted molar refractivity (Wildman–Crippen MR) is 146 cm³/mol. The first-order valence-electron chi connectivity index (χ1n) is 13.4. The summed E-state index contributed by atoms with van der Waals surface area (Å²) in [6.45, 7) is 1.71. The van der Waals surface area contributed by atoms with Gasteiger partial charge < -0.3 is 25.6 Å². The molecule has 0 saturated heterocycles. The highest BCUT2D eigenvalue weighted by Crippen LogP contribution is 2.38. The number of ether oxygens (including phenoxy) is 2. The van der Waals surface area contributed by atoms with Crippen molar-refractivity contribution in [2.75, 3.05) is 20.3 Å². The maximum Gasteiger partial charge on any atom is 0.407 e. The number of hydrogen-bond acceptors (Lipinski definition) is 8. The summed E-state index contributed by atoms with van der Waals surface area (Å²) in [6, 6.07) is 6.90. The third-order valence-electron chi connectivity index (χ3n) is 7.57. The Morgan fingerprint density at radius 2 is 1.98 bits per heavy atom. The number of aliphatic hydroxyl groups is 1. The lowest BCUT2D eigenvalue weighted by Gasteiger charge is -2.39. The van der Waals surface area contributed by atoms with Gasteiger partial charge in [0.15, 0.2) is 0 Å². The first-order valence-corrected chi connectivity index (χ1v) is 13.4. The molecule has 0 radical (unpaired) electrons. The number of aromatic nitrogens is 4. The molecule has 0 unspecified atom stereocenters. The fourth-order valence-corrected chi connectivity index (χ4v) is 5.67. The number of hydrogen-bond donors (Lipinski definition) is 3. The van der Waals surface area contributed by atoms with E-state index in [1.165, 1.54) is 13.2 Å². The average Bonchev–Trinajstić information content (AvgIpc) is 3.35. The predicted octanol–water partition coefficient (Wildman–Crippen LogP) is 3.60. The van der Waals surface area contributed by atoms with Gasteiger partial charge in [-0.25, -0.2) is 23.1 Å². The molecule has 0 aliphatic heterocycles. The van der Waals surface area contributed by atoms with Gasteiger partial charge in [0, 0.05) is 43.0 Å². The molecule has 1 fully saturated rings. The van der Waals surface area contributed by atoms with Crippen molar-refractivity contribution < 1.29 is 28.2 Å². The minimum atomic E-state index is -0.830. The van der Waals surface area contributed by atoms with Crippen LogP contribution in [0.5, 0.6) is 5.75 Å². The Morgan fingerprint density at radius 1 is 1.20 bits per heavy atom. The van der Waals surface area contributed by atoms with Crippen LogP contribution in [0.4, 0.5) is 13.6 Å². The fourth-order valence-electron chi connectivity index (χ4n) is 5.67. The number of fused-ring (bicyclic) bond motifs is 1. The van der Waals surface area contributed by atoms with E-state index >= 15 is 0 Å². The lowest BCUT2D eigenvalue weighted by molar-refractivity contribution is 0.149. The molecule has 1 aliphatic rings. The Kier molecular flexibility index (Phi) is 8.41. The van der Waals surface area contributed by atoms with Crippen LogP contribution in [0, 0.1) is 17.6 Å². The number of nitrogens with two attached hydrogens (primary N) is 1. The molecule has 12 heteroatoms. The van der Waals surface area contributed by atoms with Gasteiger partial charge in [0.25, 0.3) is 0 Å². The molecule has 3 aromatic heterocycles. The summed E-state index contributed by atoms with van der Waals surface area (Å²) >= 11 is 0. The Hall–Kier alpha value is -4.16. The number of imidazole rings is 1. The lowest BCUT2D eigenvalue weighted by atomic mass is 9.72. The second-order valence-electron chi connectivity index (χ2n) is 10.3. The van der Waals surface area contributed by atoms with Gasteiger partial charge in [-0.3, -0.25) is 4.98 Å². The zero-order valence-corrected chi connectivity index (χ0v) is 22.8. The van der Waals surface area contributed by atoms with E-state index in [-0.39, 0.29) is 54.1 Å². The van der Waals surface area contributed by atoms with Gasteiger partial charge in [-0.05, 0) is 54.0 Å². The highest BCUT2D eigenvalue weighted by atomic mass is 19.1. The van der Waals surface area contributed by atoms with E-state index in [2.05, 4.69) is 27.3 Å². The standard InChI is InChI=1S/C29H32F2N6O4/c1-16-9-17(10-24(32)28(16)35-29(39)40-2)21-5-6-33-14-18(21)11-26-34-15-19-3-4-25(36-37(19)26)27-22(30)12-20(13-23(27)31)41-8-7-38/h3-6,12-17,24,28,38H,7-11,32H2,1-2H3,(H,35,39)/t16-,17+,24+,28-/m0/s1. The molecule has 0 spiro atoms. The van der Waals surface area contributed by atoms with Crippen molar-refractivity contribution in [3.8, 4) is 17.0 Å². The fraction of sp³-hybridized carbons (Fsp3) is 0.379. The van der Waals surface area contributed by atoms with Crippen LogP contribution >= 0.6 is 0 Å². The van der Waals surface area contributed by atoms with E-state index in [0.29, 0.717) is 24.2 Å². The van der Waals surface area contributed by atoms with Gasteiger partial charge in [-0.15, -0.1) is 0 Å². The van der Waals surface area contributed by atoms with Gasteiger partial charge >= 0.3 is 6.09 Å². The Labute approximate surface area is 235 Å². The number of aliphatic hydroxyl groups excluding tert-OH is 1. The van der Waals surface area contributed by atoms with Gasteiger partial charge in [-0.1, -0.05) is 6.92 Å². The molecule has 41 heavy (non-hydrogen) atoms. The molecule has 3 heterocycles. The number of halogens is 2. The van der Waals surface area contributed by atoms with Crippen molar-refractivity contribution >= 4 is 11.6 Å². The molecule has 5 rings (SSSR count). The Bertz CT molecular complexity index is 1510. The smallest absolute Gasteiger partial charge is 0.407 e. The van der Waals surface area contributed by atoms with Crippen LogP contribution in [0.3, 0.4) is 0 Å². The molecular formula is C29H32F2N6O4. The maximum atomic E-state index is 14.9. The number of carbonyl (C=O) groups excluding carboxylic acids is 1. The van der Waals surface area contributed by atoms with E-state index < -0.39 is 17.7 Å². The first kappa shape index (κ1) is 28.4. The van der Waals surface area contributed by atoms with Crippen molar-refractivity contribution in [1.82, 2.24) is 24.9 Å². The van der Waals surface area contributed by atoms with E-state index in [1.54, 1.807) is 29.2 Å². The van der Waals surface area contributed by atoms with Crippen LogP contribution in [0.1, 0.15) is 42.6 Å². The number of benzene rings is 1. The monoisotopic (exact) mass is 566 g/mol. The first-order chi connectivity index (χ1) is 19.8. The highest BCUT2D eigenvalue weighted by Gasteiger charge is 2.36. The summed E-state index contributed by atoms with van der Waals surface area (Å²) < 4.78 is 41.4. The molecular weight excluding hydrogens is 534 g/mol. The summed E-state index contributed by atoms with van der Waals surface area (Å²) in [5, 5.41) is 16.3. The Balaban J connectivity index is 1.42. The molecule has 1 aliphatic carbocycles. The number of amides is 1. The molecule has 1 saturated carbocycles. The molecule has 0 bridgehead atoms. The minimum Gasteiger partial charge on any atom is -0.491 e. The number of pyridine rings is 1. The zero-order chi connectivity index (χ0) is 29.1. The largest absolute Gasteiger partial charge is 0.491 e. The summed E-state index contributed by atoms with van der Waals surface area (Å²) in [5.41, 5.74) is 9.01. The van der Waals surface area contributed by atoms with E-state index in [0.717, 1.165) is 29.7 Å². The Morgan fingerprint density at radius 3 is 2.68 bits per heavy atom. The van der Waals surface area contributed by atoms with Crippen molar-refractivity contribution in [2.24, 2.45) is 11.7 Å². The molecule has 4 N–H and O–H groups in total. The van der Waals surface area contributed by atoms with Crippen molar-refractivity contribution in [3.05, 3.63) is 77.5 Å². The number of nitrogens with zero attached hydrogens (tertiary/aromatic N) is 4. The number of nitrogens with one attached hydrogen (secondary N) is 1. The highest BCUT2D eigenvalue weighted by molar-refractivity contribution is 5.67. The number of methoxy groups -OCH3 is 1. The normalized spacial score (nSPS) is 20.6. The molecule has 10 nitrogen and oxygen atoms in total. The van der Waals surface area contributed by atoms with E-state index in [9.17, 15) is 13.6 Å². The van der Waals surface area contributed by atoms with Crippen LogP contribution in [0.2, 0.25) is 0 Å². The summed E-state index contributed by atoms with van der Waals surface area (Å²) in [5.74, 6) is -0.843. The van der Waals surface area contributed by atoms with Crippen molar-refractivity contribution in [2.45, 2.75) is 44.2 Å². The van der Waals surface area contributed by atoms with Crippen molar-refractivity contribution in [3.63, 3.8) is 0 Å². The lowest BCUT2D eigenvalue weighted by Crippen LogP contribution is -2.54. The van der Waals surface area contributed by atoms with Gasteiger partial charge in [0.1, 0.15) is 29.8 Å². The number of rotatable bonds is 8. The van der Waals surface area contributed by atoms with Crippen LogP contribution in [0.25, 0.3) is 16.8 Å². The van der Waals surface area contributed by atoms with Gasteiger partial charge in [0.2, 0.25) is 0 Å². The van der Waals surface area contributed by atoms with Crippen LogP contribution < -0.4 is 15.8 Å². The molecule has 216 valence electrons. The second kappa shape index (κ2) is 12.1. The maximum absolute atomic E-state index is 14.9. The molecule has 4 aromatic rings. The van der Waals surface area contributed by atoms with Crippen LogP contribution in [-0.4, -0.2) is 63.2 Å². The summed E-state index contributed by atoms with van der Waals surface area (Å²) in [7, 11) is 1.33. The van der Waals surface area contributed by atoms with E-state index in [4.69, 9.17) is 20.3 Å². The third-order valence-corrected chi connectivity index (χ3v) is 7.57. The molecule has 1 aromatic carbocycles. The summed E-state index contributed by atoms with van der Waals surface area (Å²) in [6.07, 6.45) is 6.55. The minimum absolute atomic E-state index is 0.0181. The number of alkyl carbamates (subject to hydrolysis) is 1. The number of carbonyl (C=O) groups is 1. The summed E-state index contributed by atoms with van der Waals surface area (Å²) in [4.78, 5) is 20.7. The van der Waals surface area contributed by atoms with Crippen LogP contribution in [-0.2, 0) is 11.2 Å². The van der Waals surface area contributed by atoms with Crippen LogP contribution in [0.15, 0.2) is 48.9 Å². The molecule has 1 amide bonds. The average molecular weight is 567 g/mol. The van der Waals surface area contributed by atoms with E-state index in [1.807, 2.05) is 6.07 Å². The van der Waals surface area contributed by atoms with Gasteiger partial charge in [-0.2, -0.15) is 5.10 Å². The SMILES string of the molecule is COC(=O)N[C@@H]1[C@H](N)C[C@H](c2ccncc2Cc2ncc3ccc(-c4c(F)cc(OCCO)cc4F)nn23)C[C@@H]1C. The quantitative estimate of drug-likeness (QED) is 0.294. The van der Waals surface area contributed by atoms with Crippen molar-refractivity contribution in [1.29, 1.82) is 0 Å². The second-order valence-corrected chi connectivity index (χ2v) is 10.3.